The Morgan fingerprint density at radius 3 is 2.78 bits per heavy atom. The molecule has 122 valence electrons. The first kappa shape index (κ1) is 16.7. The van der Waals surface area contributed by atoms with Crippen LogP contribution in [0.25, 0.3) is 0 Å². The molecule has 2 rings (SSSR count). The second-order valence-corrected chi connectivity index (χ2v) is 6.01. The first-order valence-electron chi connectivity index (χ1n) is 6.47. The van der Waals surface area contributed by atoms with E-state index in [1.807, 2.05) is 0 Å². The van der Waals surface area contributed by atoms with E-state index in [-0.39, 0.29) is 22.9 Å². The first-order valence-corrected chi connectivity index (χ1v) is 7.96. The summed E-state index contributed by atoms with van der Waals surface area (Å²) in [5.74, 6) is -2.17. The minimum Gasteiger partial charge on any atom is -0.492 e. The maximum absolute atomic E-state index is 13.2. The quantitative estimate of drug-likeness (QED) is 0.834. The lowest BCUT2D eigenvalue weighted by molar-refractivity contribution is 0.0697. The highest BCUT2D eigenvalue weighted by atomic mass is 32.2. The number of aromatic nitrogens is 1. The predicted molar refractivity (Wildman–Crippen MR) is 79.6 cm³/mol. The van der Waals surface area contributed by atoms with Crippen molar-refractivity contribution in [1.82, 2.24) is 4.98 Å². The van der Waals surface area contributed by atoms with Crippen LogP contribution in [0.5, 0.6) is 5.75 Å². The minimum absolute atomic E-state index is 0.0778. The second kappa shape index (κ2) is 6.61. The molecule has 23 heavy (non-hydrogen) atoms. The Kier molecular flexibility index (Phi) is 4.80. The van der Waals surface area contributed by atoms with E-state index in [2.05, 4.69) is 9.71 Å². The van der Waals surface area contributed by atoms with E-state index in [1.54, 1.807) is 6.92 Å². The van der Waals surface area contributed by atoms with Crippen molar-refractivity contribution in [3.8, 4) is 5.75 Å². The Morgan fingerprint density at radius 2 is 2.13 bits per heavy atom. The molecule has 0 fully saturated rings. The highest BCUT2D eigenvalue weighted by Crippen LogP contribution is 2.26. The molecule has 0 radical (unpaired) electrons. The number of aromatic carboxylic acids is 1. The van der Waals surface area contributed by atoms with Gasteiger partial charge in [0.05, 0.1) is 24.1 Å². The summed E-state index contributed by atoms with van der Waals surface area (Å²) in [5, 5.41) is 9.06. The average Bonchev–Trinajstić information content (AvgIpc) is 2.49. The van der Waals surface area contributed by atoms with Gasteiger partial charge in [-0.25, -0.2) is 17.6 Å². The average molecular weight is 340 g/mol. The van der Waals surface area contributed by atoms with Crippen molar-refractivity contribution < 1.29 is 27.4 Å². The molecule has 0 atom stereocenters. The molecule has 0 aliphatic rings. The van der Waals surface area contributed by atoms with Crippen molar-refractivity contribution >= 4 is 21.7 Å². The number of rotatable bonds is 6. The van der Waals surface area contributed by atoms with E-state index < -0.39 is 27.4 Å². The summed E-state index contributed by atoms with van der Waals surface area (Å²) in [6.07, 6.45) is 2.45. The van der Waals surface area contributed by atoms with Crippen molar-refractivity contribution in [2.45, 2.75) is 11.8 Å². The van der Waals surface area contributed by atoms with Crippen LogP contribution in [0.15, 0.2) is 41.6 Å². The van der Waals surface area contributed by atoms with E-state index in [0.717, 1.165) is 24.4 Å². The number of nitrogens with zero attached hydrogens (tertiary/aromatic N) is 1. The zero-order valence-electron chi connectivity index (χ0n) is 12.0. The molecule has 1 aromatic carbocycles. The number of carboxylic acid groups (broad SMARTS) is 1. The van der Waals surface area contributed by atoms with Crippen molar-refractivity contribution in [1.29, 1.82) is 0 Å². The van der Waals surface area contributed by atoms with Crippen molar-refractivity contribution in [3.63, 3.8) is 0 Å². The maximum atomic E-state index is 13.2. The Labute approximate surface area is 131 Å². The van der Waals surface area contributed by atoms with Gasteiger partial charge in [-0.1, -0.05) is 0 Å². The lowest BCUT2D eigenvalue weighted by Gasteiger charge is -2.13. The number of nitrogens with one attached hydrogen (secondary N) is 1. The Bertz CT molecular complexity index is 839. The molecule has 1 heterocycles. The number of halogens is 1. The zero-order chi connectivity index (χ0) is 17.0. The predicted octanol–water partition coefficient (Wildman–Crippen LogP) is 2.12. The summed E-state index contributed by atoms with van der Waals surface area (Å²) in [6.45, 7) is 1.93. The standard InChI is InChI=1S/C14H13FN2O5S/c1-2-22-12-5-6-16-8-13(12)23(20,21)17-11-4-3-9(15)7-10(11)14(18)19/h3-8,17H,2H2,1H3,(H,18,19). The Morgan fingerprint density at radius 1 is 1.39 bits per heavy atom. The molecule has 0 bridgehead atoms. The molecule has 0 unspecified atom stereocenters. The normalized spacial score (nSPS) is 11.0. The molecule has 7 nitrogen and oxygen atoms in total. The highest BCUT2D eigenvalue weighted by Gasteiger charge is 2.23. The number of carboxylic acids is 1. The highest BCUT2D eigenvalue weighted by molar-refractivity contribution is 7.92. The van der Waals surface area contributed by atoms with Crippen LogP contribution in [0.2, 0.25) is 0 Å². The summed E-state index contributed by atoms with van der Waals surface area (Å²) >= 11 is 0. The van der Waals surface area contributed by atoms with Gasteiger partial charge in [-0.3, -0.25) is 9.71 Å². The maximum Gasteiger partial charge on any atom is 0.337 e. The molecular formula is C14H13FN2O5S. The van der Waals surface area contributed by atoms with Gasteiger partial charge in [0.15, 0.2) is 0 Å². The summed E-state index contributed by atoms with van der Waals surface area (Å²) < 4.78 is 45.4. The fourth-order valence-corrected chi connectivity index (χ4v) is 2.99. The molecule has 0 aliphatic carbocycles. The largest absolute Gasteiger partial charge is 0.492 e. The number of benzene rings is 1. The van der Waals surface area contributed by atoms with Crippen LogP contribution < -0.4 is 9.46 Å². The fourth-order valence-electron chi connectivity index (χ4n) is 1.83. The minimum atomic E-state index is -4.16. The Hall–Kier alpha value is -2.68. The van der Waals surface area contributed by atoms with E-state index in [1.165, 1.54) is 12.3 Å². The van der Waals surface area contributed by atoms with Crippen molar-refractivity contribution in [3.05, 3.63) is 48.0 Å². The first-order chi connectivity index (χ1) is 10.8. The van der Waals surface area contributed by atoms with Gasteiger partial charge in [0.2, 0.25) is 0 Å². The summed E-state index contributed by atoms with van der Waals surface area (Å²) in [4.78, 5) is 14.6. The van der Waals surface area contributed by atoms with Crippen LogP contribution in [0, 0.1) is 5.82 Å². The topological polar surface area (TPSA) is 106 Å². The van der Waals surface area contributed by atoms with Gasteiger partial charge < -0.3 is 9.84 Å². The third-order valence-corrected chi connectivity index (χ3v) is 4.17. The second-order valence-electron chi connectivity index (χ2n) is 4.36. The summed E-state index contributed by atoms with van der Waals surface area (Å²) in [6, 6.07) is 4.10. The van der Waals surface area contributed by atoms with Gasteiger partial charge in [-0.2, -0.15) is 0 Å². The number of hydrogen-bond donors (Lipinski definition) is 2. The van der Waals surface area contributed by atoms with Gasteiger partial charge in [0.25, 0.3) is 10.0 Å². The van der Waals surface area contributed by atoms with E-state index in [4.69, 9.17) is 9.84 Å². The molecule has 0 aliphatic heterocycles. The van der Waals surface area contributed by atoms with Crippen LogP contribution in [0.3, 0.4) is 0 Å². The van der Waals surface area contributed by atoms with Crippen LogP contribution in [-0.4, -0.2) is 31.1 Å². The number of ether oxygens (including phenoxy) is 1. The molecule has 9 heteroatoms. The van der Waals surface area contributed by atoms with Crippen LogP contribution >= 0.6 is 0 Å². The molecule has 0 saturated carbocycles. The van der Waals surface area contributed by atoms with Crippen LogP contribution in [-0.2, 0) is 10.0 Å². The molecule has 0 saturated heterocycles. The lowest BCUT2D eigenvalue weighted by Crippen LogP contribution is -2.17. The van der Waals surface area contributed by atoms with Gasteiger partial charge >= 0.3 is 5.97 Å². The lowest BCUT2D eigenvalue weighted by atomic mass is 10.2. The molecule has 0 spiro atoms. The Balaban J connectivity index is 2.46. The third kappa shape index (κ3) is 3.75. The molecule has 2 aromatic rings. The van der Waals surface area contributed by atoms with E-state index in [0.29, 0.717) is 0 Å². The van der Waals surface area contributed by atoms with Crippen molar-refractivity contribution in [2.24, 2.45) is 0 Å². The van der Waals surface area contributed by atoms with Gasteiger partial charge in [-0.05, 0) is 31.2 Å². The number of sulfonamides is 1. The molecular weight excluding hydrogens is 327 g/mol. The molecule has 0 amide bonds. The smallest absolute Gasteiger partial charge is 0.337 e. The van der Waals surface area contributed by atoms with Gasteiger partial charge in [0, 0.05) is 6.20 Å². The van der Waals surface area contributed by atoms with Crippen LogP contribution in [0.1, 0.15) is 17.3 Å². The molecule has 1 aromatic heterocycles. The van der Waals surface area contributed by atoms with E-state index >= 15 is 0 Å². The molecule has 2 N–H and O–H groups in total. The van der Waals surface area contributed by atoms with Gasteiger partial charge in [-0.15, -0.1) is 0 Å². The third-order valence-electron chi connectivity index (χ3n) is 2.79. The number of carbonyl (C=O) groups is 1. The summed E-state index contributed by atoms with van der Waals surface area (Å²) in [5.41, 5.74) is -0.763. The number of anilines is 1. The monoisotopic (exact) mass is 340 g/mol. The van der Waals surface area contributed by atoms with Crippen LogP contribution in [0.4, 0.5) is 10.1 Å². The van der Waals surface area contributed by atoms with Crippen molar-refractivity contribution in [2.75, 3.05) is 11.3 Å². The fraction of sp³-hybridized carbons (Fsp3) is 0.143. The number of hydrogen-bond acceptors (Lipinski definition) is 5. The van der Waals surface area contributed by atoms with Gasteiger partial charge in [0.1, 0.15) is 16.5 Å². The number of pyridine rings is 1. The summed E-state index contributed by atoms with van der Waals surface area (Å²) in [7, 11) is -4.16. The van der Waals surface area contributed by atoms with E-state index in [9.17, 15) is 17.6 Å². The zero-order valence-corrected chi connectivity index (χ0v) is 12.8. The SMILES string of the molecule is CCOc1ccncc1S(=O)(=O)Nc1ccc(F)cc1C(=O)O.